The van der Waals surface area contributed by atoms with Crippen molar-refractivity contribution in [3.05, 3.63) is 64.7 Å². The van der Waals surface area contributed by atoms with Gasteiger partial charge in [-0.3, -0.25) is 0 Å². The molecule has 2 nitrogen and oxygen atoms in total. The van der Waals surface area contributed by atoms with Crippen molar-refractivity contribution >= 4 is 11.6 Å². The fourth-order valence-corrected chi connectivity index (χ4v) is 2.24. The Morgan fingerprint density at radius 1 is 1.15 bits per heavy atom. The molecule has 3 heteroatoms. The molecule has 0 aliphatic rings. The van der Waals surface area contributed by atoms with Gasteiger partial charge in [0.1, 0.15) is 11.9 Å². The highest BCUT2D eigenvalue weighted by atomic mass is 35.5. The first-order valence-electron chi connectivity index (χ1n) is 6.79. The molecule has 0 aliphatic carbocycles. The second-order valence-electron chi connectivity index (χ2n) is 5.14. The van der Waals surface area contributed by atoms with E-state index in [-0.39, 0.29) is 12.1 Å². The second kappa shape index (κ2) is 6.78. The number of hydrogen-bond acceptors (Lipinski definition) is 2. The van der Waals surface area contributed by atoms with Crippen LogP contribution in [0.15, 0.2) is 48.5 Å². The summed E-state index contributed by atoms with van der Waals surface area (Å²) < 4.78 is 6.08. The molecule has 0 bridgehead atoms. The van der Waals surface area contributed by atoms with E-state index in [0.29, 0.717) is 0 Å². The normalized spacial score (nSPS) is 13.8. The third-order valence-corrected chi connectivity index (χ3v) is 3.59. The molecule has 106 valence electrons. The van der Waals surface area contributed by atoms with Crippen molar-refractivity contribution in [3.63, 3.8) is 0 Å². The average molecular weight is 290 g/mol. The van der Waals surface area contributed by atoms with E-state index in [2.05, 4.69) is 12.1 Å². The summed E-state index contributed by atoms with van der Waals surface area (Å²) in [5, 5.41) is 0.718. The van der Waals surface area contributed by atoms with Gasteiger partial charge in [0.2, 0.25) is 0 Å². The molecule has 2 aromatic carbocycles. The Labute approximate surface area is 125 Å². The van der Waals surface area contributed by atoms with Crippen molar-refractivity contribution in [3.8, 4) is 5.75 Å². The zero-order chi connectivity index (χ0) is 14.5. The maximum Gasteiger partial charge on any atom is 0.125 e. The number of ether oxygens (including phenoxy) is 1. The van der Waals surface area contributed by atoms with Gasteiger partial charge in [-0.05, 0) is 37.1 Å². The molecule has 2 aromatic rings. The first kappa shape index (κ1) is 14.9. The molecule has 0 heterocycles. The van der Waals surface area contributed by atoms with Gasteiger partial charge < -0.3 is 10.5 Å². The maximum atomic E-state index is 6.14. The predicted octanol–water partition coefficient (Wildman–Crippen LogP) is 4.51. The second-order valence-corrected chi connectivity index (χ2v) is 5.55. The van der Waals surface area contributed by atoms with Crippen LogP contribution >= 0.6 is 11.6 Å². The molecule has 0 fully saturated rings. The molecular formula is C17H20ClNO. The number of nitrogens with two attached hydrogens (primary N) is 1. The fraction of sp³-hybridized carbons (Fsp3) is 0.294. The highest BCUT2D eigenvalue weighted by molar-refractivity contribution is 6.31. The van der Waals surface area contributed by atoms with Gasteiger partial charge in [0.25, 0.3) is 0 Å². The summed E-state index contributed by atoms with van der Waals surface area (Å²) in [6.07, 6.45) is 0.699. The van der Waals surface area contributed by atoms with Crippen LogP contribution in [0.1, 0.15) is 30.6 Å². The highest BCUT2D eigenvalue weighted by Crippen LogP contribution is 2.28. The smallest absolute Gasteiger partial charge is 0.125 e. The molecule has 2 unspecified atom stereocenters. The summed E-state index contributed by atoms with van der Waals surface area (Å²) in [4.78, 5) is 0. The Hall–Kier alpha value is -1.51. The molecule has 0 saturated carbocycles. The Kier molecular flexibility index (Phi) is 5.05. The molecule has 0 aliphatic heterocycles. The zero-order valence-electron chi connectivity index (χ0n) is 11.8. The van der Waals surface area contributed by atoms with Crippen LogP contribution in [0.3, 0.4) is 0 Å². The van der Waals surface area contributed by atoms with Gasteiger partial charge in [-0.15, -0.1) is 0 Å². The van der Waals surface area contributed by atoms with E-state index >= 15 is 0 Å². The quantitative estimate of drug-likeness (QED) is 0.879. The number of rotatable bonds is 5. The molecule has 2 rings (SSSR count). The van der Waals surface area contributed by atoms with Crippen molar-refractivity contribution in [1.82, 2.24) is 0 Å². The van der Waals surface area contributed by atoms with Gasteiger partial charge in [-0.25, -0.2) is 0 Å². The van der Waals surface area contributed by atoms with Gasteiger partial charge in [0.05, 0.1) is 0 Å². The Bertz CT molecular complexity index is 554. The number of hydrogen-bond donors (Lipinski definition) is 1. The van der Waals surface area contributed by atoms with E-state index in [4.69, 9.17) is 22.1 Å². The van der Waals surface area contributed by atoms with Gasteiger partial charge in [-0.2, -0.15) is 0 Å². The van der Waals surface area contributed by atoms with Crippen molar-refractivity contribution in [2.75, 3.05) is 0 Å². The molecule has 20 heavy (non-hydrogen) atoms. The van der Waals surface area contributed by atoms with E-state index in [1.54, 1.807) is 0 Å². The Morgan fingerprint density at radius 3 is 2.45 bits per heavy atom. The van der Waals surface area contributed by atoms with E-state index in [1.807, 2.05) is 50.2 Å². The minimum absolute atomic E-state index is 0.0602. The number of halogens is 1. The van der Waals surface area contributed by atoms with Crippen LogP contribution in [-0.2, 0) is 0 Å². The van der Waals surface area contributed by atoms with Crippen molar-refractivity contribution in [2.45, 2.75) is 32.4 Å². The fourth-order valence-electron chi connectivity index (χ4n) is 2.07. The van der Waals surface area contributed by atoms with Crippen LogP contribution in [0.25, 0.3) is 0 Å². The van der Waals surface area contributed by atoms with Crippen LogP contribution in [0.5, 0.6) is 5.75 Å². The average Bonchev–Trinajstić information content (AvgIpc) is 2.43. The van der Waals surface area contributed by atoms with Gasteiger partial charge in [0, 0.05) is 17.5 Å². The van der Waals surface area contributed by atoms with E-state index < -0.39 is 0 Å². The van der Waals surface area contributed by atoms with Crippen LogP contribution in [0.2, 0.25) is 5.02 Å². The summed E-state index contributed by atoms with van der Waals surface area (Å²) >= 11 is 6.14. The largest absolute Gasteiger partial charge is 0.486 e. The standard InChI is InChI=1S/C17H20ClNO/c1-12-8-9-15(11-16(12)18)20-17(10-13(2)19)14-6-4-3-5-7-14/h3-9,11,13,17H,10,19H2,1-2H3. The van der Waals surface area contributed by atoms with Crippen LogP contribution < -0.4 is 10.5 Å². The van der Waals surface area contributed by atoms with Crippen molar-refractivity contribution in [2.24, 2.45) is 5.73 Å². The molecule has 0 amide bonds. The van der Waals surface area contributed by atoms with E-state index in [0.717, 1.165) is 28.3 Å². The van der Waals surface area contributed by atoms with Crippen LogP contribution in [0, 0.1) is 6.92 Å². The third-order valence-electron chi connectivity index (χ3n) is 3.18. The zero-order valence-corrected chi connectivity index (χ0v) is 12.6. The van der Waals surface area contributed by atoms with E-state index in [1.165, 1.54) is 0 Å². The van der Waals surface area contributed by atoms with Crippen molar-refractivity contribution < 1.29 is 4.74 Å². The molecule has 0 saturated heterocycles. The van der Waals surface area contributed by atoms with Gasteiger partial charge >= 0.3 is 0 Å². The van der Waals surface area contributed by atoms with Crippen LogP contribution in [-0.4, -0.2) is 6.04 Å². The lowest BCUT2D eigenvalue weighted by atomic mass is 10.0. The minimum Gasteiger partial charge on any atom is -0.486 e. The van der Waals surface area contributed by atoms with Crippen LogP contribution in [0.4, 0.5) is 0 Å². The molecule has 0 aromatic heterocycles. The number of benzene rings is 2. The summed E-state index contributed by atoms with van der Waals surface area (Å²) in [6, 6.07) is 16.0. The summed E-state index contributed by atoms with van der Waals surface area (Å²) in [6.45, 7) is 3.96. The predicted molar refractivity (Wildman–Crippen MR) is 84.3 cm³/mol. The monoisotopic (exact) mass is 289 g/mol. The lowest BCUT2D eigenvalue weighted by Gasteiger charge is -2.21. The number of aryl methyl sites for hydroxylation is 1. The Morgan fingerprint density at radius 2 is 1.85 bits per heavy atom. The SMILES string of the molecule is Cc1ccc(OC(CC(C)N)c2ccccc2)cc1Cl. The molecular weight excluding hydrogens is 270 g/mol. The van der Waals surface area contributed by atoms with Gasteiger partial charge in [-0.1, -0.05) is 48.0 Å². The first-order valence-corrected chi connectivity index (χ1v) is 7.17. The van der Waals surface area contributed by atoms with E-state index in [9.17, 15) is 0 Å². The highest BCUT2D eigenvalue weighted by Gasteiger charge is 2.15. The van der Waals surface area contributed by atoms with Crippen molar-refractivity contribution in [1.29, 1.82) is 0 Å². The lowest BCUT2D eigenvalue weighted by molar-refractivity contribution is 0.187. The first-order chi connectivity index (χ1) is 9.56. The molecule has 0 spiro atoms. The summed E-state index contributed by atoms with van der Waals surface area (Å²) in [7, 11) is 0. The molecule has 2 N–H and O–H groups in total. The lowest BCUT2D eigenvalue weighted by Crippen LogP contribution is -2.21. The minimum atomic E-state index is -0.0602. The third kappa shape index (κ3) is 3.99. The maximum absolute atomic E-state index is 6.14. The molecule has 2 atom stereocenters. The summed E-state index contributed by atoms with van der Waals surface area (Å²) in [5.74, 6) is 0.773. The summed E-state index contributed by atoms with van der Waals surface area (Å²) in [5.41, 5.74) is 8.10. The molecule has 0 radical (unpaired) electrons. The Balaban J connectivity index is 2.21. The van der Waals surface area contributed by atoms with Gasteiger partial charge in [0.15, 0.2) is 0 Å². The topological polar surface area (TPSA) is 35.2 Å².